The van der Waals surface area contributed by atoms with Crippen molar-refractivity contribution in [3.8, 4) is 17.6 Å². The molecule has 0 aliphatic rings. The Bertz CT molecular complexity index is 745. The first-order valence-electron chi connectivity index (χ1n) is 6.11. The van der Waals surface area contributed by atoms with E-state index in [1.165, 1.54) is 24.3 Å². The summed E-state index contributed by atoms with van der Waals surface area (Å²) in [6.07, 6.45) is 1.28. The molecule has 0 fully saturated rings. The molecular formula is C16H12N2O3. The third-order valence-corrected chi connectivity index (χ3v) is 2.75. The lowest BCUT2D eigenvalue weighted by Crippen LogP contribution is -2.13. The Labute approximate surface area is 121 Å². The second-order valence-electron chi connectivity index (χ2n) is 4.20. The molecule has 0 aliphatic carbocycles. The number of amides is 1. The molecule has 2 aromatic carbocycles. The molecule has 0 heterocycles. The Balaban J connectivity index is 2.26. The normalized spacial score (nSPS) is 10.7. The van der Waals surface area contributed by atoms with Crippen molar-refractivity contribution in [3.63, 3.8) is 0 Å². The average Bonchev–Trinajstić information content (AvgIpc) is 2.48. The molecule has 5 heteroatoms. The van der Waals surface area contributed by atoms with Crippen LogP contribution in [0, 0.1) is 11.3 Å². The molecule has 2 rings (SSSR count). The standard InChI is InChI=1S/C16H12N2O3/c17-10-12(9-11-5-1-3-7-14(11)19)16(21)18-13-6-2-4-8-15(13)20/h1-9,19-20H,(H,18,21)/b12-9-. The maximum Gasteiger partial charge on any atom is 0.266 e. The number of nitrogens with zero attached hydrogens (tertiary/aromatic N) is 1. The van der Waals surface area contributed by atoms with Crippen molar-refractivity contribution >= 4 is 17.7 Å². The van der Waals surface area contributed by atoms with Crippen molar-refractivity contribution in [2.24, 2.45) is 0 Å². The van der Waals surface area contributed by atoms with Gasteiger partial charge in [-0.2, -0.15) is 5.26 Å². The van der Waals surface area contributed by atoms with Crippen LogP contribution in [-0.4, -0.2) is 16.1 Å². The lowest BCUT2D eigenvalue weighted by atomic mass is 10.1. The van der Waals surface area contributed by atoms with Gasteiger partial charge in [-0.25, -0.2) is 0 Å². The van der Waals surface area contributed by atoms with E-state index < -0.39 is 5.91 Å². The van der Waals surface area contributed by atoms with Gasteiger partial charge in [0.05, 0.1) is 5.69 Å². The van der Waals surface area contributed by atoms with Crippen molar-refractivity contribution < 1.29 is 15.0 Å². The number of nitriles is 1. The van der Waals surface area contributed by atoms with E-state index in [9.17, 15) is 15.0 Å². The second-order valence-corrected chi connectivity index (χ2v) is 4.20. The summed E-state index contributed by atoms with van der Waals surface area (Å²) in [6, 6.07) is 14.3. The van der Waals surface area contributed by atoms with Gasteiger partial charge < -0.3 is 15.5 Å². The number of rotatable bonds is 3. The van der Waals surface area contributed by atoms with Crippen molar-refractivity contribution in [1.29, 1.82) is 5.26 Å². The van der Waals surface area contributed by atoms with Crippen LogP contribution in [0.4, 0.5) is 5.69 Å². The van der Waals surface area contributed by atoms with Crippen LogP contribution in [0.15, 0.2) is 54.1 Å². The molecule has 0 spiro atoms. The van der Waals surface area contributed by atoms with Gasteiger partial charge in [0, 0.05) is 5.56 Å². The topological polar surface area (TPSA) is 93.3 Å². The zero-order chi connectivity index (χ0) is 15.2. The highest BCUT2D eigenvalue weighted by Crippen LogP contribution is 2.23. The van der Waals surface area contributed by atoms with E-state index in [2.05, 4.69) is 5.32 Å². The monoisotopic (exact) mass is 280 g/mol. The number of phenols is 2. The lowest BCUT2D eigenvalue weighted by Gasteiger charge is -2.06. The van der Waals surface area contributed by atoms with E-state index in [0.717, 1.165) is 0 Å². The van der Waals surface area contributed by atoms with Crippen LogP contribution < -0.4 is 5.32 Å². The SMILES string of the molecule is N#C/C(=C/c1ccccc1O)C(=O)Nc1ccccc1O. The number of nitrogens with one attached hydrogen (secondary N) is 1. The maximum absolute atomic E-state index is 12.0. The van der Waals surface area contributed by atoms with Gasteiger partial charge in [0.2, 0.25) is 0 Å². The van der Waals surface area contributed by atoms with E-state index in [-0.39, 0.29) is 22.8 Å². The third-order valence-electron chi connectivity index (χ3n) is 2.75. The Kier molecular flexibility index (Phi) is 4.22. The summed E-state index contributed by atoms with van der Waals surface area (Å²) in [6.45, 7) is 0. The molecular weight excluding hydrogens is 268 g/mol. The summed E-state index contributed by atoms with van der Waals surface area (Å²) < 4.78 is 0. The highest BCUT2D eigenvalue weighted by Gasteiger charge is 2.12. The number of benzene rings is 2. The van der Waals surface area contributed by atoms with Crippen LogP contribution in [0.5, 0.6) is 11.5 Å². The van der Waals surface area contributed by atoms with E-state index in [1.54, 1.807) is 36.4 Å². The molecule has 0 bridgehead atoms. The first-order chi connectivity index (χ1) is 10.1. The van der Waals surface area contributed by atoms with E-state index in [4.69, 9.17) is 5.26 Å². The number of carbonyl (C=O) groups is 1. The summed E-state index contributed by atoms with van der Waals surface area (Å²) in [7, 11) is 0. The molecule has 1 amide bonds. The zero-order valence-electron chi connectivity index (χ0n) is 10.9. The number of anilines is 1. The van der Waals surface area contributed by atoms with Crippen LogP contribution in [0.1, 0.15) is 5.56 Å². The lowest BCUT2D eigenvalue weighted by molar-refractivity contribution is -0.112. The number of phenolic OH excluding ortho intramolecular Hbond substituents is 2. The van der Waals surface area contributed by atoms with E-state index >= 15 is 0 Å². The number of para-hydroxylation sites is 3. The minimum atomic E-state index is -0.665. The Morgan fingerprint density at radius 2 is 1.67 bits per heavy atom. The van der Waals surface area contributed by atoms with Gasteiger partial charge >= 0.3 is 0 Å². The Morgan fingerprint density at radius 3 is 2.29 bits per heavy atom. The maximum atomic E-state index is 12.0. The molecule has 2 aromatic rings. The Morgan fingerprint density at radius 1 is 1.05 bits per heavy atom. The molecule has 21 heavy (non-hydrogen) atoms. The average molecular weight is 280 g/mol. The molecule has 0 radical (unpaired) electrons. The molecule has 0 unspecified atom stereocenters. The number of carbonyl (C=O) groups excluding carboxylic acids is 1. The van der Waals surface area contributed by atoms with Crippen molar-refractivity contribution in [1.82, 2.24) is 0 Å². The fourth-order valence-corrected chi connectivity index (χ4v) is 1.68. The fraction of sp³-hybridized carbons (Fsp3) is 0. The van der Waals surface area contributed by atoms with Crippen molar-refractivity contribution in [2.75, 3.05) is 5.32 Å². The van der Waals surface area contributed by atoms with Gasteiger partial charge in [-0.1, -0.05) is 30.3 Å². The molecule has 0 atom stereocenters. The van der Waals surface area contributed by atoms with Crippen molar-refractivity contribution in [2.45, 2.75) is 0 Å². The van der Waals surface area contributed by atoms with Crippen LogP contribution in [-0.2, 0) is 4.79 Å². The highest BCUT2D eigenvalue weighted by molar-refractivity contribution is 6.10. The summed E-state index contributed by atoms with van der Waals surface area (Å²) >= 11 is 0. The largest absolute Gasteiger partial charge is 0.507 e. The Hall–Kier alpha value is -3.26. The quantitative estimate of drug-likeness (QED) is 0.457. The summed E-state index contributed by atoms with van der Waals surface area (Å²) in [5, 5.41) is 30.7. The number of aromatic hydroxyl groups is 2. The smallest absolute Gasteiger partial charge is 0.266 e. The summed E-state index contributed by atoms with van der Waals surface area (Å²) in [5.74, 6) is -0.784. The summed E-state index contributed by atoms with van der Waals surface area (Å²) in [4.78, 5) is 12.0. The van der Waals surface area contributed by atoms with Gasteiger partial charge in [-0.15, -0.1) is 0 Å². The zero-order valence-corrected chi connectivity index (χ0v) is 10.9. The van der Waals surface area contributed by atoms with E-state index in [0.29, 0.717) is 5.56 Å². The van der Waals surface area contributed by atoms with Gasteiger partial charge in [0.25, 0.3) is 5.91 Å². The minimum absolute atomic E-state index is 0.0272. The molecule has 0 aromatic heterocycles. The second kappa shape index (κ2) is 6.26. The molecule has 3 N–H and O–H groups in total. The predicted molar refractivity (Wildman–Crippen MR) is 78.4 cm³/mol. The van der Waals surface area contributed by atoms with Gasteiger partial charge in [-0.3, -0.25) is 4.79 Å². The molecule has 0 saturated carbocycles. The minimum Gasteiger partial charge on any atom is -0.507 e. The molecule has 0 saturated heterocycles. The van der Waals surface area contributed by atoms with Crippen LogP contribution >= 0.6 is 0 Å². The highest BCUT2D eigenvalue weighted by atomic mass is 16.3. The van der Waals surface area contributed by atoms with Crippen LogP contribution in [0.25, 0.3) is 6.08 Å². The van der Waals surface area contributed by atoms with Gasteiger partial charge in [-0.05, 0) is 24.3 Å². The third kappa shape index (κ3) is 3.39. The molecule has 5 nitrogen and oxygen atoms in total. The van der Waals surface area contributed by atoms with Gasteiger partial charge in [0.15, 0.2) is 0 Å². The fourth-order valence-electron chi connectivity index (χ4n) is 1.68. The molecule has 104 valence electrons. The number of hydrogen-bond acceptors (Lipinski definition) is 4. The first-order valence-corrected chi connectivity index (χ1v) is 6.11. The van der Waals surface area contributed by atoms with Crippen LogP contribution in [0.3, 0.4) is 0 Å². The first kappa shape index (κ1) is 14.2. The van der Waals surface area contributed by atoms with Crippen molar-refractivity contribution in [3.05, 3.63) is 59.7 Å². The molecule has 0 aliphatic heterocycles. The van der Waals surface area contributed by atoms with E-state index in [1.807, 2.05) is 0 Å². The van der Waals surface area contributed by atoms with Crippen LogP contribution in [0.2, 0.25) is 0 Å². The van der Waals surface area contributed by atoms with Gasteiger partial charge in [0.1, 0.15) is 23.1 Å². The summed E-state index contributed by atoms with van der Waals surface area (Å²) in [5.41, 5.74) is 0.391. The predicted octanol–water partition coefficient (Wildman–Crippen LogP) is 2.64. The number of hydrogen-bond donors (Lipinski definition) is 3.